The zero-order valence-corrected chi connectivity index (χ0v) is 11.7. The minimum atomic E-state index is -1.54. The Balaban J connectivity index is 2.13. The largest absolute Gasteiger partial charge is 0.474 e. The van der Waals surface area contributed by atoms with Crippen LogP contribution in [0.3, 0.4) is 0 Å². The van der Waals surface area contributed by atoms with Crippen LogP contribution in [0.1, 0.15) is 18.1 Å². The van der Waals surface area contributed by atoms with Crippen LogP contribution in [0, 0.1) is 0 Å². The van der Waals surface area contributed by atoms with Gasteiger partial charge < -0.3 is 14.6 Å². The second-order valence-corrected chi connectivity index (χ2v) is 4.88. The van der Waals surface area contributed by atoms with Crippen molar-refractivity contribution in [1.82, 2.24) is 0 Å². The lowest BCUT2D eigenvalue weighted by Gasteiger charge is -2.28. The number of carbonyl (C=O) groups excluding carboxylic acids is 1. The van der Waals surface area contributed by atoms with Crippen molar-refractivity contribution >= 4 is 5.97 Å². The van der Waals surface area contributed by atoms with Gasteiger partial charge in [-0.2, -0.15) is 0 Å². The van der Waals surface area contributed by atoms with E-state index in [0.29, 0.717) is 16.9 Å². The number of carbonyl (C=O) groups is 1. The summed E-state index contributed by atoms with van der Waals surface area (Å²) in [5.41, 5.74) is -0.355. The minimum Gasteiger partial charge on any atom is -0.474 e. The molecule has 0 aromatic heterocycles. The molecule has 0 saturated carbocycles. The molecule has 3 rings (SSSR count). The first-order chi connectivity index (χ1) is 10.2. The number of hydrogen-bond acceptors (Lipinski definition) is 4. The van der Waals surface area contributed by atoms with Gasteiger partial charge in [-0.25, -0.2) is 4.79 Å². The molecule has 21 heavy (non-hydrogen) atoms. The predicted octanol–water partition coefficient (Wildman–Crippen LogP) is 2.25. The van der Waals surface area contributed by atoms with Crippen LogP contribution in [-0.4, -0.2) is 23.8 Å². The van der Waals surface area contributed by atoms with Crippen molar-refractivity contribution in [2.24, 2.45) is 0 Å². The number of benzene rings is 2. The van der Waals surface area contributed by atoms with Crippen LogP contribution in [0.15, 0.2) is 54.6 Å². The molecule has 1 aliphatic heterocycles. The van der Waals surface area contributed by atoms with Gasteiger partial charge in [-0.1, -0.05) is 48.5 Å². The van der Waals surface area contributed by atoms with Crippen LogP contribution in [-0.2, 0) is 15.1 Å². The molecule has 2 aromatic rings. The van der Waals surface area contributed by atoms with E-state index in [2.05, 4.69) is 0 Å². The first kappa shape index (κ1) is 13.6. The smallest absolute Gasteiger partial charge is 0.351 e. The number of aliphatic hydroxyl groups is 1. The van der Waals surface area contributed by atoms with Crippen LogP contribution in [0.25, 0.3) is 0 Å². The molecular formula is C17H16O4. The maximum Gasteiger partial charge on any atom is 0.351 e. The van der Waals surface area contributed by atoms with Crippen molar-refractivity contribution in [3.05, 3.63) is 65.7 Å². The van der Waals surface area contributed by atoms with Crippen LogP contribution in [0.2, 0.25) is 0 Å². The van der Waals surface area contributed by atoms with Gasteiger partial charge in [-0.3, -0.25) is 0 Å². The average Bonchev–Trinajstić information content (AvgIpc) is 2.83. The standard InChI is InChI=1S/C17H16O4/c1-2-20-16(18)15-17(19,12-8-4-3-5-9-12)13-10-6-7-11-14(13)21-15/h3-11,15,19H,2H2,1H3/t15-,17-/m0/s1. The van der Waals surface area contributed by atoms with Crippen LogP contribution < -0.4 is 4.74 Å². The molecule has 108 valence electrons. The molecule has 1 heterocycles. The molecule has 4 nitrogen and oxygen atoms in total. The Morgan fingerprint density at radius 3 is 2.57 bits per heavy atom. The van der Waals surface area contributed by atoms with Gasteiger partial charge in [0, 0.05) is 5.56 Å². The molecule has 1 N–H and O–H groups in total. The Labute approximate surface area is 122 Å². The Kier molecular flexibility index (Phi) is 3.39. The molecule has 0 spiro atoms. The summed E-state index contributed by atoms with van der Waals surface area (Å²) in [6, 6.07) is 16.2. The molecule has 0 fully saturated rings. The summed E-state index contributed by atoms with van der Waals surface area (Å²) >= 11 is 0. The van der Waals surface area contributed by atoms with Crippen molar-refractivity contribution < 1.29 is 19.4 Å². The van der Waals surface area contributed by atoms with Gasteiger partial charge in [-0.15, -0.1) is 0 Å². The summed E-state index contributed by atoms with van der Waals surface area (Å²) < 4.78 is 10.7. The molecule has 2 aromatic carbocycles. The van der Waals surface area contributed by atoms with E-state index in [4.69, 9.17) is 9.47 Å². The lowest BCUT2D eigenvalue weighted by Crippen LogP contribution is -2.45. The molecule has 0 amide bonds. The molecule has 0 saturated heterocycles. The fraction of sp³-hybridized carbons (Fsp3) is 0.235. The molecule has 0 bridgehead atoms. The van der Waals surface area contributed by atoms with E-state index < -0.39 is 17.7 Å². The average molecular weight is 284 g/mol. The first-order valence-corrected chi connectivity index (χ1v) is 6.88. The number of ether oxygens (including phenoxy) is 2. The molecule has 2 atom stereocenters. The predicted molar refractivity (Wildman–Crippen MR) is 76.9 cm³/mol. The summed E-state index contributed by atoms with van der Waals surface area (Å²) in [6.45, 7) is 1.96. The van der Waals surface area contributed by atoms with Gasteiger partial charge in [0.15, 0.2) is 5.60 Å². The highest BCUT2D eigenvalue weighted by molar-refractivity contribution is 5.80. The molecular weight excluding hydrogens is 268 g/mol. The first-order valence-electron chi connectivity index (χ1n) is 6.88. The Hall–Kier alpha value is -2.33. The highest BCUT2D eigenvalue weighted by Crippen LogP contribution is 2.45. The summed E-state index contributed by atoms with van der Waals surface area (Å²) in [7, 11) is 0. The van der Waals surface area contributed by atoms with Crippen molar-refractivity contribution in [3.63, 3.8) is 0 Å². The second-order valence-electron chi connectivity index (χ2n) is 4.88. The monoisotopic (exact) mass is 284 g/mol. The zero-order valence-electron chi connectivity index (χ0n) is 11.7. The third kappa shape index (κ3) is 2.08. The third-order valence-corrected chi connectivity index (χ3v) is 3.64. The summed E-state index contributed by atoms with van der Waals surface area (Å²) in [5, 5.41) is 11.2. The lowest BCUT2D eigenvalue weighted by molar-refractivity contribution is -0.159. The maximum atomic E-state index is 12.2. The van der Waals surface area contributed by atoms with Crippen molar-refractivity contribution in [2.75, 3.05) is 6.61 Å². The van der Waals surface area contributed by atoms with Crippen LogP contribution in [0.5, 0.6) is 5.75 Å². The van der Waals surface area contributed by atoms with E-state index in [9.17, 15) is 9.90 Å². The van der Waals surface area contributed by atoms with E-state index in [1.54, 1.807) is 37.3 Å². The topological polar surface area (TPSA) is 55.8 Å². The van der Waals surface area contributed by atoms with E-state index in [1.165, 1.54) is 0 Å². The van der Waals surface area contributed by atoms with Gasteiger partial charge >= 0.3 is 5.97 Å². The SMILES string of the molecule is CCOC(=O)[C@@H]1Oc2ccccc2[C@@]1(O)c1ccccc1. The minimum absolute atomic E-state index is 0.236. The Morgan fingerprint density at radius 2 is 1.86 bits per heavy atom. The van der Waals surface area contributed by atoms with Gasteiger partial charge in [0.2, 0.25) is 6.10 Å². The molecule has 0 unspecified atom stereocenters. The van der Waals surface area contributed by atoms with Crippen LogP contribution >= 0.6 is 0 Å². The molecule has 1 aliphatic rings. The van der Waals surface area contributed by atoms with Crippen LogP contribution in [0.4, 0.5) is 0 Å². The fourth-order valence-corrected chi connectivity index (χ4v) is 2.67. The zero-order chi connectivity index (χ0) is 14.9. The number of hydrogen-bond donors (Lipinski definition) is 1. The maximum absolute atomic E-state index is 12.2. The summed E-state index contributed by atoms with van der Waals surface area (Å²) in [4.78, 5) is 12.2. The normalized spacial score (nSPS) is 23.2. The number of fused-ring (bicyclic) bond motifs is 1. The van der Waals surface area contributed by atoms with Gasteiger partial charge in [0.05, 0.1) is 6.61 Å². The van der Waals surface area contributed by atoms with Crippen molar-refractivity contribution in [1.29, 1.82) is 0 Å². The lowest BCUT2D eigenvalue weighted by atomic mass is 9.83. The number of rotatable bonds is 3. The quantitative estimate of drug-likeness (QED) is 0.878. The van der Waals surface area contributed by atoms with E-state index in [-0.39, 0.29) is 6.61 Å². The number of esters is 1. The third-order valence-electron chi connectivity index (χ3n) is 3.64. The van der Waals surface area contributed by atoms with Crippen molar-refractivity contribution in [2.45, 2.75) is 18.6 Å². The highest BCUT2D eigenvalue weighted by atomic mass is 16.6. The molecule has 0 radical (unpaired) electrons. The Bertz CT molecular complexity index is 653. The van der Waals surface area contributed by atoms with E-state index in [1.807, 2.05) is 24.3 Å². The second kappa shape index (κ2) is 5.22. The molecule has 4 heteroatoms. The van der Waals surface area contributed by atoms with Gasteiger partial charge in [0.25, 0.3) is 0 Å². The fourth-order valence-electron chi connectivity index (χ4n) is 2.67. The van der Waals surface area contributed by atoms with Gasteiger partial charge in [-0.05, 0) is 18.6 Å². The van der Waals surface area contributed by atoms with E-state index in [0.717, 1.165) is 0 Å². The summed E-state index contributed by atoms with van der Waals surface area (Å²) in [6.07, 6.45) is -1.10. The van der Waals surface area contributed by atoms with E-state index >= 15 is 0 Å². The van der Waals surface area contributed by atoms with Gasteiger partial charge in [0.1, 0.15) is 5.75 Å². The number of para-hydroxylation sites is 1. The van der Waals surface area contributed by atoms with Crippen molar-refractivity contribution in [3.8, 4) is 5.75 Å². The summed E-state index contributed by atoms with van der Waals surface area (Å²) in [5.74, 6) is -0.0676. The Morgan fingerprint density at radius 1 is 1.19 bits per heavy atom. The highest BCUT2D eigenvalue weighted by Gasteiger charge is 2.53. The molecule has 0 aliphatic carbocycles.